The molecule has 2 unspecified atom stereocenters. The number of rotatable bonds is 20. The summed E-state index contributed by atoms with van der Waals surface area (Å²) in [5, 5.41) is 0. The second-order valence-electron chi connectivity index (χ2n) is 11.4. The summed E-state index contributed by atoms with van der Waals surface area (Å²) in [6, 6.07) is 8.69. The van der Waals surface area contributed by atoms with Crippen molar-refractivity contribution in [3.63, 3.8) is 0 Å². The Kier molecular flexibility index (Phi) is 14.5. The van der Waals surface area contributed by atoms with Gasteiger partial charge in [-0.25, -0.2) is 9.97 Å². The summed E-state index contributed by atoms with van der Waals surface area (Å²) in [6.45, 7) is 4.49. The normalized spacial score (nSPS) is 17.2. The van der Waals surface area contributed by atoms with Crippen LogP contribution >= 0.6 is 0 Å². The number of hydrogen-bond acceptors (Lipinski definition) is 4. The third-order valence-electron chi connectivity index (χ3n) is 8.05. The highest BCUT2D eigenvalue weighted by Crippen LogP contribution is 2.29. The molecule has 0 bridgehead atoms. The Labute approximate surface area is 232 Å². The molecule has 0 amide bonds. The average Bonchev–Trinajstić information content (AvgIpc) is 3.30. The first kappa shape index (κ1) is 30.3. The Hall–Kier alpha value is -2.23. The molecule has 4 heteroatoms. The van der Waals surface area contributed by atoms with Gasteiger partial charge in [-0.05, 0) is 62.5 Å². The first-order chi connectivity index (χ1) is 18.7. The third kappa shape index (κ3) is 11.3. The second kappa shape index (κ2) is 18.1. The molecule has 1 fully saturated rings. The zero-order valence-electron chi connectivity index (χ0n) is 24.3. The van der Waals surface area contributed by atoms with Gasteiger partial charge in [0.15, 0.2) is 5.82 Å². The van der Waals surface area contributed by atoms with Crippen molar-refractivity contribution in [1.29, 1.82) is 0 Å². The number of aromatic nitrogens is 2. The minimum Gasteiger partial charge on any atom is -0.462 e. The Bertz CT molecular complexity index is 894. The van der Waals surface area contributed by atoms with Gasteiger partial charge >= 0.3 is 5.97 Å². The Morgan fingerprint density at radius 1 is 0.684 bits per heavy atom. The number of hydrogen-bond donors (Lipinski definition) is 0. The van der Waals surface area contributed by atoms with E-state index in [-0.39, 0.29) is 18.0 Å². The van der Waals surface area contributed by atoms with Crippen LogP contribution in [0.15, 0.2) is 36.7 Å². The molecule has 0 aliphatic carbocycles. The summed E-state index contributed by atoms with van der Waals surface area (Å²) in [5.74, 6) is 1.000. The van der Waals surface area contributed by atoms with E-state index in [9.17, 15) is 4.79 Å². The predicted molar refractivity (Wildman–Crippen MR) is 158 cm³/mol. The van der Waals surface area contributed by atoms with Gasteiger partial charge in [0.25, 0.3) is 0 Å². The van der Waals surface area contributed by atoms with E-state index >= 15 is 0 Å². The van der Waals surface area contributed by atoms with Crippen LogP contribution in [0.2, 0.25) is 0 Å². The molecule has 1 aromatic carbocycles. The molecule has 1 aliphatic heterocycles. The largest absolute Gasteiger partial charge is 0.462 e. The van der Waals surface area contributed by atoms with Gasteiger partial charge in [0.05, 0.1) is 5.92 Å². The molecule has 0 radical (unpaired) electrons. The molecule has 0 saturated carbocycles. The average molecular weight is 521 g/mol. The summed E-state index contributed by atoms with van der Waals surface area (Å²) in [7, 11) is 0. The standard InChI is InChI=1S/C34H52N2O2/c1-3-5-7-9-10-11-12-13-18-29-26-35-33(36-27-29)30-23-21-28(22-24-30)17-15-16-20-32-25-31(34(37)38-32)19-14-8-6-4-2/h21-24,26-27,31-32H,3-20,25H2,1-2H3. The number of benzene rings is 1. The van der Waals surface area contributed by atoms with Crippen LogP contribution in [0.25, 0.3) is 11.4 Å². The summed E-state index contributed by atoms with van der Waals surface area (Å²) in [4.78, 5) is 21.4. The van der Waals surface area contributed by atoms with Gasteiger partial charge in [0, 0.05) is 18.0 Å². The van der Waals surface area contributed by atoms with E-state index < -0.39 is 0 Å². The van der Waals surface area contributed by atoms with Crippen LogP contribution in [0.5, 0.6) is 0 Å². The highest BCUT2D eigenvalue weighted by molar-refractivity contribution is 5.74. The summed E-state index contributed by atoms with van der Waals surface area (Å²) < 4.78 is 5.65. The lowest BCUT2D eigenvalue weighted by atomic mass is 9.95. The summed E-state index contributed by atoms with van der Waals surface area (Å²) in [6.07, 6.45) is 27.1. The summed E-state index contributed by atoms with van der Waals surface area (Å²) >= 11 is 0. The number of carbonyl (C=O) groups excluding carboxylic acids is 1. The van der Waals surface area contributed by atoms with Crippen LogP contribution in [-0.4, -0.2) is 22.0 Å². The number of ether oxygens (including phenoxy) is 1. The van der Waals surface area contributed by atoms with Crippen LogP contribution in [0.1, 0.15) is 134 Å². The smallest absolute Gasteiger partial charge is 0.309 e. The number of aryl methyl sites for hydroxylation is 2. The minimum atomic E-state index is 0.0468. The quantitative estimate of drug-likeness (QED) is 0.129. The fourth-order valence-corrected chi connectivity index (χ4v) is 5.57. The van der Waals surface area contributed by atoms with Crippen molar-refractivity contribution < 1.29 is 9.53 Å². The molecule has 0 N–H and O–H groups in total. The number of esters is 1. The van der Waals surface area contributed by atoms with Crippen molar-refractivity contribution in [2.24, 2.45) is 5.92 Å². The molecular formula is C34H52N2O2. The Balaban J connectivity index is 1.29. The van der Waals surface area contributed by atoms with Gasteiger partial charge in [-0.2, -0.15) is 0 Å². The van der Waals surface area contributed by atoms with E-state index in [1.165, 1.54) is 81.8 Å². The molecular weight excluding hydrogens is 468 g/mol. The maximum atomic E-state index is 12.1. The molecule has 0 spiro atoms. The molecule has 210 valence electrons. The van der Waals surface area contributed by atoms with Crippen molar-refractivity contribution >= 4 is 5.97 Å². The van der Waals surface area contributed by atoms with Crippen molar-refractivity contribution in [3.8, 4) is 11.4 Å². The van der Waals surface area contributed by atoms with Crippen LogP contribution in [0, 0.1) is 5.92 Å². The van der Waals surface area contributed by atoms with Crippen molar-refractivity contribution in [1.82, 2.24) is 9.97 Å². The van der Waals surface area contributed by atoms with E-state index in [0.29, 0.717) is 0 Å². The van der Waals surface area contributed by atoms with E-state index in [2.05, 4.69) is 48.1 Å². The molecule has 1 aromatic heterocycles. The van der Waals surface area contributed by atoms with E-state index in [1.54, 1.807) is 0 Å². The van der Waals surface area contributed by atoms with Crippen LogP contribution in [-0.2, 0) is 22.4 Å². The Morgan fingerprint density at radius 2 is 1.24 bits per heavy atom. The minimum absolute atomic E-state index is 0.0468. The monoisotopic (exact) mass is 520 g/mol. The first-order valence-electron chi connectivity index (χ1n) is 15.8. The molecule has 3 rings (SSSR count). The number of carbonyl (C=O) groups is 1. The van der Waals surface area contributed by atoms with Crippen molar-refractivity contribution in [2.75, 3.05) is 0 Å². The Morgan fingerprint density at radius 3 is 1.92 bits per heavy atom. The molecule has 4 nitrogen and oxygen atoms in total. The number of nitrogens with zero attached hydrogens (tertiary/aromatic N) is 2. The molecule has 2 atom stereocenters. The highest BCUT2D eigenvalue weighted by Gasteiger charge is 2.33. The zero-order chi connectivity index (χ0) is 26.8. The molecule has 2 heterocycles. The zero-order valence-corrected chi connectivity index (χ0v) is 24.3. The van der Waals surface area contributed by atoms with Crippen molar-refractivity contribution in [2.45, 2.75) is 142 Å². The van der Waals surface area contributed by atoms with Gasteiger partial charge in [-0.3, -0.25) is 4.79 Å². The van der Waals surface area contributed by atoms with Crippen LogP contribution < -0.4 is 0 Å². The van der Waals surface area contributed by atoms with Gasteiger partial charge in [-0.15, -0.1) is 0 Å². The highest BCUT2D eigenvalue weighted by atomic mass is 16.5. The lowest BCUT2D eigenvalue weighted by Gasteiger charge is -2.09. The van der Waals surface area contributed by atoms with Gasteiger partial charge in [0.2, 0.25) is 0 Å². The van der Waals surface area contributed by atoms with Gasteiger partial charge in [-0.1, -0.05) is 109 Å². The van der Waals surface area contributed by atoms with Gasteiger partial charge in [0.1, 0.15) is 6.10 Å². The van der Waals surface area contributed by atoms with Gasteiger partial charge < -0.3 is 4.74 Å². The second-order valence-corrected chi connectivity index (χ2v) is 11.4. The first-order valence-corrected chi connectivity index (χ1v) is 15.8. The molecule has 38 heavy (non-hydrogen) atoms. The maximum Gasteiger partial charge on any atom is 0.309 e. The van der Waals surface area contributed by atoms with E-state index in [1.807, 2.05) is 12.4 Å². The van der Waals surface area contributed by atoms with Crippen LogP contribution in [0.4, 0.5) is 0 Å². The SMILES string of the molecule is CCCCCCCCCCc1cnc(-c2ccc(CCCCC3CC(CCCCCC)C(=O)O3)cc2)nc1. The topological polar surface area (TPSA) is 52.1 Å². The van der Waals surface area contributed by atoms with Crippen LogP contribution in [0.3, 0.4) is 0 Å². The molecule has 2 aromatic rings. The van der Waals surface area contributed by atoms with E-state index in [0.717, 1.165) is 62.8 Å². The summed E-state index contributed by atoms with van der Waals surface area (Å²) in [5.41, 5.74) is 3.67. The lowest BCUT2D eigenvalue weighted by molar-refractivity contribution is -0.144. The number of cyclic esters (lactones) is 1. The third-order valence-corrected chi connectivity index (χ3v) is 8.05. The molecule has 1 aliphatic rings. The number of unbranched alkanes of at least 4 members (excludes halogenated alkanes) is 11. The lowest BCUT2D eigenvalue weighted by Crippen LogP contribution is -2.07. The maximum absolute atomic E-state index is 12.1. The predicted octanol–water partition coefficient (Wildman–Crippen LogP) is 9.44. The molecule has 1 saturated heterocycles. The van der Waals surface area contributed by atoms with Crippen molar-refractivity contribution in [3.05, 3.63) is 47.8 Å². The fourth-order valence-electron chi connectivity index (χ4n) is 5.57. The fraction of sp³-hybridized carbons (Fsp3) is 0.676. The van der Waals surface area contributed by atoms with E-state index in [4.69, 9.17) is 4.74 Å².